The van der Waals surface area contributed by atoms with Gasteiger partial charge in [0.25, 0.3) is 15.7 Å². The second-order valence-corrected chi connectivity index (χ2v) is 8.80. The van der Waals surface area contributed by atoms with E-state index in [4.69, 9.17) is 0 Å². The molecular weight excluding hydrogens is 391 g/mol. The van der Waals surface area contributed by atoms with E-state index in [-0.39, 0.29) is 5.13 Å². The van der Waals surface area contributed by atoms with Crippen LogP contribution in [0.15, 0.2) is 29.2 Å². The fourth-order valence-corrected chi connectivity index (χ4v) is 3.70. The summed E-state index contributed by atoms with van der Waals surface area (Å²) >= 11 is 1.09. The van der Waals surface area contributed by atoms with Gasteiger partial charge in [0.05, 0.1) is 10.5 Å². The van der Waals surface area contributed by atoms with Crippen LogP contribution in [0, 0.1) is 5.92 Å². The quantitative estimate of drug-likeness (QED) is 0.789. The zero-order valence-corrected chi connectivity index (χ0v) is 15.5. The molecule has 0 aliphatic carbocycles. The van der Waals surface area contributed by atoms with Crippen LogP contribution in [-0.2, 0) is 16.3 Å². The molecule has 1 amide bonds. The number of aryl methyl sites for hydroxylation is 1. The Hall–Kier alpha value is -2.01. The minimum Gasteiger partial charge on any atom is -0.296 e. The van der Waals surface area contributed by atoms with Crippen molar-refractivity contribution in [3.8, 4) is 0 Å². The van der Waals surface area contributed by atoms with Gasteiger partial charge in [-0.1, -0.05) is 37.3 Å². The molecule has 1 N–H and O–H groups in total. The summed E-state index contributed by atoms with van der Waals surface area (Å²) in [6.45, 7) is 4.09. The number of nitrogens with zero attached hydrogens (tertiary/aromatic N) is 2. The molecule has 0 bridgehead atoms. The van der Waals surface area contributed by atoms with E-state index in [0.717, 1.165) is 36.0 Å². The first kappa shape index (κ1) is 20.3. The van der Waals surface area contributed by atoms with E-state index in [9.17, 15) is 26.4 Å². The standard InChI is InChI=1S/C15H16F3N3O3S2/c1-9(2)7-8-12-20-21-14(25-12)19-13(22)10-5-3-4-6-11(10)26(23,24)15(16,17)18/h3-6,9H,7-8H2,1-2H3,(H,19,21,22). The normalized spacial score (nSPS) is 12.4. The van der Waals surface area contributed by atoms with Crippen molar-refractivity contribution in [2.45, 2.75) is 37.1 Å². The first-order valence-corrected chi connectivity index (χ1v) is 9.86. The number of nitrogens with one attached hydrogen (secondary N) is 1. The van der Waals surface area contributed by atoms with Crippen molar-refractivity contribution in [3.05, 3.63) is 34.8 Å². The number of hydrogen-bond acceptors (Lipinski definition) is 6. The van der Waals surface area contributed by atoms with E-state index in [2.05, 4.69) is 15.5 Å². The van der Waals surface area contributed by atoms with Gasteiger partial charge in [0.1, 0.15) is 5.01 Å². The first-order valence-electron chi connectivity index (χ1n) is 7.56. The molecule has 0 saturated heterocycles. The monoisotopic (exact) mass is 407 g/mol. The van der Waals surface area contributed by atoms with E-state index in [0.29, 0.717) is 17.3 Å². The maximum atomic E-state index is 12.8. The zero-order chi connectivity index (χ0) is 19.5. The van der Waals surface area contributed by atoms with Gasteiger partial charge in [0.2, 0.25) is 5.13 Å². The largest absolute Gasteiger partial charge is 0.501 e. The Morgan fingerprint density at radius 2 is 1.88 bits per heavy atom. The van der Waals surface area contributed by atoms with Crippen LogP contribution in [0.4, 0.5) is 18.3 Å². The van der Waals surface area contributed by atoms with Gasteiger partial charge in [-0.25, -0.2) is 8.42 Å². The Morgan fingerprint density at radius 3 is 2.50 bits per heavy atom. The number of carbonyl (C=O) groups excluding carboxylic acids is 1. The third-order valence-electron chi connectivity index (χ3n) is 3.35. The van der Waals surface area contributed by atoms with Gasteiger partial charge in [-0.2, -0.15) is 13.2 Å². The average molecular weight is 407 g/mol. The molecule has 0 aliphatic heterocycles. The minimum absolute atomic E-state index is 0.0907. The maximum absolute atomic E-state index is 12.8. The molecule has 6 nitrogen and oxygen atoms in total. The molecule has 0 fully saturated rings. The van der Waals surface area contributed by atoms with Crippen molar-refractivity contribution in [2.24, 2.45) is 5.92 Å². The smallest absolute Gasteiger partial charge is 0.296 e. The van der Waals surface area contributed by atoms with E-state index in [1.807, 2.05) is 13.8 Å². The van der Waals surface area contributed by atoms with Crippen molar-refractivity contribution >= 4 is 32.2 Å². The van der Waals surface area contributed by atoms with Crippen molar-refractivity contribution in [2.75, 3.05) is 5.32 Å². The number of amides is 1. The number of benzene rings is 1. The number of sulfone groups is 1. The van der Waals surface area contributed by atoms with Crippen LogP contribution in [0.2, 0.25) is 0 Å². The molecule has 2 aromatic rings. The lowest BCUT2D eigenvalue weighted by molar-refractivity contribution is -0.0436. The first-order chi connectivity index (χ1) is 12.0. The summed E-state index contributed by atoms with van der Waals surface area (Å²) in [6, 6.07) is 4.14. The maximum Gasteiger partial charge on any atom is 0.501 e. The van der Waals surface area contributed by atoms with Gasteiger partial charge in [-0.3, -0.25) is 10.1 Å². The van der Waals surface area contributed by atoms with Crippen LogP contribution in [0.25, 0.3) is 0 Å². The Bertz CT molecular complexity index is 893. The highest BCUT2D eigenvalue weighted by Gasteiger charge is 2.48. The third-order valence-corrected chi connectivity index (χ3v) is 5.79. The SMILES string of the molecule is CC(C)CCc1nnc(NC(=O)c2ccccc2S(=O)(=O)C(F)(F)F)s1. The highest BCUT2D eigenvalue weighted by Crippen LogP contribution is 2.32. The lowest BCUT2D eigenvalue weighted by Crippen LogP contribution is -2.26. The minimum atomic E-state index is -5.65. The molecule has 11 heteroatoms. The highest BCUT2D eigenvalue weighted by molar-refractivity contribution is 7.92. The summed E-state index contributed by atoms with van der Waals surface area (Å²) in [5, 5.41) is 10.7. The molecule has 0 radical (unpaired) electrons. The molecular formula is C15H16F3N3O3S2. The fourth-order valence-electron chi connectivity index (χ4n) is 1.99. The second kappa shape index (κ2) is 7.70. The van der Waals surface area contributed by atoms with Crippen molar-refractivity contribution in [1.29, 1.82) is 0 Å². The number of carbonyl (C=O) groups is 1. The molecule has 0 spiro atoms. The zero-order valence-electron chi connectivity index (χ0n) is 13.9. The van der Waals surface area contributed by atoms with Crippen molar-refractivity contribution < 1.29 is 26.4 Å². The summed E-state index contributed by atoms with van der Waals surface area (Å²) < 4.78 is 61.7. The van der Waals surface area contributed by atoms with Gasteiger partial charge in [0, 0.05) is 6.42 Å². The lowest BCUT2D eigenvalue weighted by atomic mass is 10.1. The van der Waals surface area contributed by atoms with Crippen molar-refractivity contribution in [3.63, 3.8) is 0 Å². The molecule has 0 aliphatic rings. The molecule has 1 aromatic heterocycles. The predicted molar refractivity (Wildman–Crippen MR) is 90.7 cm³/mol. The Morgan fingerprint density at radius 1 is 1.23 bits per heavy atom. The van der Waals surface area contributed by atoms with Gasteiger partial charge < -0.3 is 0 Å². The molecule has 0 saturated carbocycles. The molecule has 1 aromatic carbocycles. The van der Waals surface area contributed by atoms with Gasteiger partial charge in [0.15, 0.2) is 0 Å². The van der Waals surface area contributed by atoms with E-state index in [1.54, 1.807) is 0 Å². The lowest BCUT2D eigenvalue weighted by Gasteiger charge is -2.11. The summed E-state index contributed by atoms with van der Waals surface area (Å²) in [7, 11) is -5.65. The van der Waals surface area contributed by atoms with Crippen LogP contribution in [-0.4, -0.2) is 30.0 Å². The molecule has 26 heavy (non-hydrogen) atoms. The van der Waals surface area contributed by atoms with E-state index >= 15 is 0 Å². The predicted octanol–water partition coefficient (Wildman–Crippen LogP) is 3.67. The van der Waals surface area contributed by atoms with Crippen LogP contribution < -0.4 is 5.32 Å². The van der Waals surface area contributed by atoms with Gasteiger partial charge in [-0.05, 0) is 24.5 Å². The Balaban J connectivity index is 2.24. The summed E-state index contributed by atoms with van der Waals surface area (Å²) in [4.78, 5) is 11.2. The van der Waals surface area contributed by atoms with Crippen molar-refractivity contribution in [1.82, 2.24) is 10.2 Å². The number of anilines is 1. The topological polar surface area (TPSA) is 89.0 Å². The van der Waals surface area contributed by atoms with Crippen LogP contribution in [0.3, 0.4) is 0 Å². The number of alkyl halides is 3. The highest BCUT2D eigenvalue weighted by atomic mass is 32.2. The second-order valence-electron chi connectivity index (χ2n) is 5.83. The molecule has 0 atom stereocenters. The molecule has 2 rings (SSSR count). The fraction of sp³-hybridized carbons (Fsp3) is 0.400. The Labute approximate surface area is 152 Å². The van der Waals surface area contributed by atoms with Crippen LogP contribution in [0.1, 0.15) is 35.6 Å². The summed E-state index contributed by atoms with van der Waals surface area (Å²) in [5.74, 6) is -0.545. The number of aromatic nitrogens is 2. The molecule has 1 heterocycles. The van der Waals surface area contributed by atoms with Gasteiger partial charge in [-0.15, -0.1) is 10.2 Å². The Kier molecular flexibility index (Phi) is 6.02. The third kappa shape index (κ3) is 4.58. The van der Waals surface area contributed by atoms with E-state index in [1.165, 1.54) is 6.07 Å². The summed E-state index contributed by atoms with van der Waals surface area (Å²) in [6.07, 6.45) is 1.53. The molecule has 0 unspecified atom stereocenters. The average Bonchev–Trinajstić information content (AvgIpc) is 2.99. The van der Waals surface area contributed by atoms with Crippen LogP contribution >= 0.6 is 11.3 Å². The summed E-state index contributed by atoms with van der Waals surface area (Å²) in [5.41, 5.74) is -6.11. The number of rotatable bonds is 6. The van der Waals surface area contributed by atoms with E-state index < -0.39 is 31.7 Å². The van der Waals surface area contributed by atoms with Gasteiger partial charge >= 0.3 is 5.51 Å². The van der Waals surface area contributed by atoms with Crippen LogP contribution in [0.5, 0.6) is 0 Å². The molecule has 142 valence electrons. The number of halogens is 3. The number of hydrogen-bond donors (Lipinski definition) is 1.